The van der Waals surface area contributed by atoms with Crippen molar-refractivity contribution in [2.75, 3.05) is 6.61 Å². The molecule has 2 N–H and O–H groups in total. The molecule has 0 saturated carbocycles. The minimum atomic E-state index is -0.905. The Morgan fingerprint density at radius 3 is 2.42 bits per heavy atom. The van der Waals surface area contributed by atoms with Gasteiger partial charge in [0.1, 0.15) is 18.2 Å². The molecule has 1 aliphatic rings. The summed E-state index contributed by atoms with van der Waals surface area (Å²) in [5.74, 6) is -1.12. The fourth-order valence-electron chi connectivity index (χ4n) is 3.19. The summed E-state index contributed by atoms with van der Waals surface area (Å²) in [7, 11) is 0. The molecule has 0 spiro atoms. The molecule has 0 radical (unpaired) electrons. The molecule has 4 rings (SSSR count). The average Bonchev–Trinajstić information content (AvgIpc) is 3.07. The van der Waals surface area contributed by atoms with E-state index < -0.39 is 17.2 Å². The molecule has 0 saturated heterocycles. The van der Waals surface area contributed by atoms with Crippen molar-refractivity contribution in [3.05, 3.63) is 89.8 Å². The number of ether oxygens (including phenoxy) is 1. The number of benzene rings is 2. The zero-order chi connectivity index (χ0) is 18.1. The second-order valence-electron chi connectivity index (χ2n) is 6.02. The van der Waals surface area contributed by atoms with Crippen LogP contribution in [0.4, 0.5) is 8.78 Å². The quantitative estimate of drug-likeness (QED) is 0.784. The number of nitrogens with two attached hydrogens (primary N) is 1. The number of amidine groups is 1. The Kier molecular flexibility index (Phi) is 3.88. The van der Waals surface area contributed by atoms with Crippen LogP contribution in [0.3, 0.4) is 0 Å². The van der Waals surface area contributed by atoms with Crippen LogP contribution in [0.2, 0.25) is 0 Å². The molecule has 1 aromatic heterocycles. The molecule has 1 unspecified atom stereocenters. The average molecular weight is 351 g/mol. The second-order valence-corrected chi connectivity index (χ2v) is 6.02. The maximum absolute atomic E-state index is 14.4. The predicted molar refractivity (Wildman–Crippen MR) is 94.4 cm³/mol. The van der Waals surface area contributed by atoms with Gasteiger partial charge in [-0.25, -0.2) is 13.8 Å². The van der Waals surface area contributed by atoms with Crippen LogP contribution in [-0.2, 0) is 10.3 Å². The molecule has 0 fully saturated rings. The fraction of sp³-hybridized carbons (Fsp3) is 0.100. The van der Waals surface area contributed by atoms with Crippen molar-refractivity contribution in [3.8, 4) is 11.1 Å². The number of aliphatic imine (C=N–C) groups is 1. The number of nitrogens with zero attached hydrogens (tertiary/aromatic N) is 2. The number of hydrogen-bond donors (Lipinski definition) is 1. The molecule has 2 heterocycles. The van der Waals surface area contributed by atoms with Crippen molar-refractivity contribution >= 4 is 6.02 Å². The Morgan fingerprint density at radius 2 is 1.73 bits per heavy atom. The molecule has 4 nitrogen and oxygen atoms in total. The van der Waals surface area contributed by atoms with Gasteiger partial charge < -0.3 is 10.5 Å². The number of aromatic nitrogens is 1. The third-order valence-electron chi connectivity index (χ3n) is 4.49. The van der Waals surface area contributed by atoms with Crippen molar-refractivity contribution in [2.45, 2.75) is 5.54 Å². The lowest BCUT2D eigenvalue weighted by Crippen LogP contribution is -2.27. The van der Waals surface area contributed by atoms with Gasteiger partial charge in [-0.1, -0.05) is 36.4 Å². The lowest BCUT2D eigenvalue weighted by molar-refractivity contribution is 0.278. The van der Waals surface area contributed by atoms with E-state index in [0.717, 1.165) is 11.8 Å². The smallest absolute Gasteiger partial charge is 0.283 e. The zero-order valence-corrected chi connectivity index (χ0v) is 13.7. The molecule has 1 atom stereocenters. The number of halogens is 2. The van der Waals surface area contributed by atoms with Gasteiger partial charge in [-0.15, -0.1) is 0 Å². The highest BCUT2D eigenvalue weighted by molar-refractivity contribution is 5.76. The Labute approximate surface area is 149 Å². The summed E-state index contributed by atoms with van der Waals surface area (Å²) in [5, 5.41) is 0. The molecule has 6 heteroatoms. The van der Waals surface area contributed by atoms with Gasteiger partial charge in [0.05, 0.1) is 6.20 Å². The van der Waals surface area contributed by atoms with Crippen LogP contribution in [0, 0.1) is 11.6 Å². The van der Waals surface area contributed by atoms with Crippen LogP contribution < -0.4 is 5.73 Å². The van der Waals surface area contributed by atoms with Crippen molar-refractivity contribution in [2.24, 2.45) is 10.7 Å². The summed E-state index contributed by atoms with van der Waals surface area (Å²) in [5.41, 5.74) is 6.66. The predicted octanol–water partition coefficient (Wildman–Crippen LogP) is 3.62. The molecule has 0 aliphatic carbocycles. The first-order valence-electron chi connectivity index (χ1n) is 8.04. The summed E-state index contributed by atoms with van der Waals surface area (Å²) in [6.07, 6.45) is 2.48. The number of rotatable bonds is 3. The van der Waals surface area contributed by atoms with Gasteiger partial charge in [0.25, 0.3) is 6.02 Å². The number of pyridine rings is 1. The summed E-state index contributed by atoms with van der Waals surface area (Å²) < 4.78 is 34.0. The first kappa shape index (κ1) is 16.2. The third-order valence-corrected chi connectivity index (χ3v) is 4.49. The van der Waals surface area contributed by atoms with Gasteiger partial charge in [-0.3, -0.25) is 4.98 Å². The van der Waals surface area contributed by atoms with E-state index in [4.69, 9.17) is 10.5 Å². The van der Waals surface area contributed by atoms with Crippen LogP contribution in [0.25, 0.3) is 11.1 Å². The standard InChI is InChI=1S/C20H15F2N3O/c21-17-7-6-14(10-16(17)15-8-9-24-11-18(15)22)20(12-26-19(23)25-20)13-4-2-1-3-5-13/h1-11H,12H2,(H2,23,25). The van der Waals surface area contributed by atoms with Crippen LogP contribution >= 0.6 is 0 Å². The van der Waals surface area contributed by atoms with E-state index in [1.165, 1.54) is 18.3 Å². The first-order valence-corrected chi connectivity index (χ1v) is 8.04. The Morgan fingerprint density at radius 1 is 0.923 bits per heavy atom. The maximum Gasteiger partial charge on any atom is 0.283 e. The highest BCUT2D eigenvalue weighted by Crippen LogP contribution is 2.39. The molecule has 3 aromatic rings. The lowest BCUT2D eigenvalue weighted by Gasteiger charge is -2.26. The summed E-state index contributed by atoms with van der Waals surface area (Å²) >= 11 is 0. The Hall–Kier alpha value is -3.28. The normalized spacial score (nSPS) is 19.1. The largest absolute Gasteiger partial charge is 0.462 e. The Bertz CT molecular complexity index is 991. The maximum atomic E-state index is 14.4. The van der Waals surface area contributed by atoms with Crippen molar-refractivity contribution in [1.82, 2.24) is 4.98 Å². The molecule has 26 heavy (non-hydrogen) atoms. The van der Waals surface area contributed by atoms with Crippen LogP contribution in [0.15, 0.2) is 72.0 Å². The molecule has 2 aromatic carbocycles. The summed E-state index contributed by atoms with van der Waals surface area (Å²) in [6.45, 7) is 0.187. The van der Waals surface area contributed by atoms with Gasteiger partial charge in [0.15, 0.2) is 5.54 Å². The highest BCUT2D eigenvalue weighted by atomic mass is 19.1. The third kappa shape index (κ3) is 2.60. The van der Waals surface area contributed by atoms with Crippen molar-refractivity contribution < 1.29 is 13.5 Å². The van der Waals surface area contributed by atoms with Crippen LogP contribution in [0.5, 0.6) is 0 Å². The molecule has 0 bridgehead atoms. The van der Waals surface area contributed by atoms with E-state index in [9.17, 15) is 8.78 Å². The summed E-state index contributed by atoms with van der Waals surface area (Å²) in [6, 6.07) is 15.5. The van der Waals surface area contributed by atoms with Crippen molar-refractivity contribution in [3.63, 3.8) is 0 Å². The van der Waals surface area contributed by atoms with Gasteiger partial charge in [0.2, 0.25) is 0 Å². The molecular formula is C20H15F2N3O. The van der Waals surface area contributed by atoms with Crippen LogP contribution in [0.1, 0.15) is 11.1 Å². The lowest BCUT2D eigenvalue weighted by atomic mass is 9.83. The topological polar surface area (TPSA) is 60.5 Å². The van der Waals surface area contributed by atoms with E-state index >= 15 is 0 Å². The van der Waals surface area contributed by atoms with Gasteiger partial charge in [-0.05, 0) is 29.3 Å². The van der Waals surface area contributed by atoms with Gasteiger partial charge in [-0.2, -0.15) is 0 Å². The number of hydrogen-bond acceptors (Lipinski definition) is 4. The van der Waals surface area contributed by atoms with Crippen molar-refractivity contribution in [1.29, 1.82) is 0 Å². The second kappa shape index (κ2) is 6.22. The molecule has 130 valence electrons. The minimum absolute atomic E-state index is 0.0646. The van der Waals surface area contributed by atoms with E-state index in [-0.39, 0.29) is 23.8 Å². The van der Waals surface area contributed by atoms with E-state index in [1.54, 1.807) is 12.1 Å². The first-order chi connectivity index (χ1) is 12.6. The fourth-order valence-corrected chi connectivity index (χ4v) is 3.19. The molecular weight excluding hydrogens is 336 g/mol. The highest BCUT2D eigenvalue weighted by Gasteiger charge is 2.40. The van der Waals surface area contributed by atoms with Gasteiger partial charge in [0, 0.05) is 17.3 Å². The van der Waals surface area contributed by atoms with E-state index in [1.807, 2.05) is 30.3 Å². The minimum Gasteiger partial charge on any atom is -0.462 e. The summed E-state index contributed by atoms with van der Waals surface area (Å²) in [4.78, 5) is 8.21. The molecule has 0 amide bonds. The van der Waals surface area contributed by atoms with Gasteiger partial charge >= 0.3 is 0 Å². The van der Waals surface area contributed by atoms with Crippen LogP contribution in [-0.4, -0.2) is 17.6 Å². The van der Waals surface area contributed by atoms with E-state index in [2.05, 4.69) is 9.98 Å². The van der Waals surface area contributed by atoms with E-state index in [0.29, 0.717) is 5.56 Å². The SMILES string of the molecule is NC1=NC(c2ccccc2)(c2ccc(F)c(-c3ccncc3F)c2)CO1. The monoisotopic (exact) mass is 351 g/mol. The Balaban J connectivity index is 1.92. The zero-order valence-electron chi connectivity index (χ0n) is 13.7. The molecule has 1 aliphatic heterocycles.